The summed E-state index contributed by atoms with van der Waals surface area (Å²) in [7, 11) is 0. The summed E-state index contributed by atoms with van der Waals surface area (Å²) in [6.45, 7) is 7.85. The zero-order valence-electron chi connectivity index (χ0n) is 12.1. The normalized spacial score (nSPS) is 25.7. The molecule has 0 aliphatic carbocycles. The highest BCUT2D eigenvalue weighted by Gasteiger charge is 2.20. The van der Waals surface area contributed by atoms with Crippen LogP contribution in [0.25, 0.3) is 0 Å². The Morgan fingerprint density at radius 3 is 2.75 bits per heavy atom. The summed E-state index contributed by atoms with van der Waals surface area (Å²) in [6.07, 6.45) is 2.75. The number of hydrogen-bond donors (Lipinski definition) is 1. The van der Waals surface area contributed by atoms with E-state index in [9.17, 15) is 4.79 Å². The monoisotopic (exact) mass is 302 g/mol. The van der Waals surface area contributed by atoms with E-state index in [1.165, 1.54) is 18.6 Å². The molecular weight excluding hydrogens is 276 g/mol. The molecule has 2 fully saturated rings. The van der Waals surface area contributed by atoms with Crippen LogP contribution in [0.1, 0.15) is 19.3 Å². The SMILES string of the molecule is O=C(O)CCN1CCCC(SCCN2CCOCC2)C1. The second-order valence-electron chi connectivity index (χ2n) is 5.53. The lowest BCUT2D eigenvalue weighted by Crippen LogP contribution is -2.40. The zero-order valence-corrected chi connectivity index (χ0v) is 12.9. The van der Waals surface area contributed by atoms with Gasteiger partial charge in [-0.1, -0.05) is 0 Å². The minimum Gasteiger partial charge on any atom is -0.481 e. The van der Waals surface area contributed by atoms with Gasteiger partial charge in [0.15, 0.2) is 0 Å². The molecule has 2 rings (SSSR count). The fourth-order valence-corrected chi connectivity index (χ4v) is 4.13. The molecule has 1 atom stereocenters. The molecule has 116 valence electrons. The van der Waals surface area contributed by atoms with Crippen LogP contribution in [0.5, 0.6) is 0 Å². The maximum absolute atomic E-state index is 10.6. The molecule has 0 aromatic rings. The van der Waals surface area contributed by atoms with Gasteiger partial charge >= 0.3 is 5.97 Å². The van der Waals surface area contributed by atoms with Crippen LogP contribution in [0, 0.1) is 0 Å². The van der Waals surface area contributed by atoms with Crippen LogP contribution in [-0.2, 0) is 9.53 Å². The number of hydrogen-bond acceptors (Lipinski definition) is 5. The lowest BCUT2D eigenvalue weighted by atomic mass is 10.1. The van der Waals surface area contributed by atoms with Gasteiger partial charge in [-0.2, -0.15) is 11.8 Å². The Morgan fingerprint density at radius 1 is 1.20 bits per heavy atom. The van der Waals surface area contributed by atoms with Crippen LogP contribution < -0.4 is 0 Å². The van der Waals surface area contributed by atoms with Gasteiger partial charge in [0.1, 0.15) is 0 Å². The van der Waals surface area contributed by atoms with E-state index in [0.717, 1.165) is 45.9 Å². The van der Waals surface area contributed by atoms with Crippen molar-refractivity contribution in [1.29, 1.82) is 0 Å². The van der Waals surface area contributed by atoms with Crippen molar-refractivity contribution < 1.29 is 14.6 Å². The minimum absolute atomic E-state index is 0.269. The van der Waals surface area contributed by atoms with Gasteiger partial charge in [-0.05, 0) is 19.4 Å². The van der Waals surface area contributed by atoms with E-state index in [0.29, 0.717) is 11.8 Å². The highest BCUT2D eigenvalue weighted by molar-refractivity contribution is 7.99. The third-order valence-corrected chi connectivity index (χ3v) is 5.24. The van der Waals surface area contributed by atoms with E-state index in [1.54, 1.807) is 0 Å². The number of aliphatic carboxylic acids is 1. The van der Waals surface area contributed by atoms with Crippen LogP contribution in [0.2, 0.25) is 0 Å². The highest BCUT2D eigenvalue weighted by Crippen LogP contribution is 2.22. The molecule has 2 aliphatic heterocycles. The minimum atomic E-state index is -0.688. The molecule has 0 amide bonds. The number of thioether (sulfide) groups is 1. The fourth-order valence-electron chi connectivity index (χ4n) is 2.78. The Labute approximate surface area is 125 Å². The maximum Gasteiger partial charge on any atom is 0.304 e. The number of nitrogens with zero attached hydrogens (tertiary/aromatic N) is 2. The van der Waals surface area contributed by atoms with Crippen LogP contribution in [0.3, 0.4) is 0 Å². The number of likely N-dealkylation sites (tertiary alicyclic amines) is 1. The predicted octanol–water partition coefficient (Wildman–Crippen LogP) is 0.991. The Bertz CT molecular complexity index is 298. The third-order valence-electron chi connectivity index (χ3n) is 3.97. The lowest BCUT2D eigenvalue weighted by molar-refractivity contribution is -0.137. The first-order valence-electron chi connectivity index (χ1n) is 7.60. The smallest absolute Gasteiger partial charge is 0.304 e. The van der Waals surface area contributed by atoms with Crippen molar-refractivity contribution in [2.75, 3.05) is 58.2 Å². The summed E-state index contributed by atoms with van der Waals surface area (Å²) >= 11 is 2.06. The summed E-state index contributed by atoms with van der Waals surface area (Å²) < 4.78 is 5.35. The van der Waals surface area contributed by atoms with E-state index in [2.05, 4.69) is 21.6 Å². The van der Waals surface area contributed by atoms with E-state index >= 15 is 0 Å². The summed E-state index contributed by atoms with van der Waals surface area (Å²) in [5.74, 6) is 0.490. The Balaban J connectivity index is 1.58. The van der Waals surface area contributed by atoms with Gasteiger partial charge in [0.05, 0.1) is 19.6 Å². The molecular formula is C14H26N2O3S. The standard InChI is InChI=1S/C14H26N2O3S/c17-14(18)3-5-16-4-1-2-13(12-16)20-11-8-15-6-9-19-10-7-15/h13H,1-12H2,(H,17,18). The molecule has 0 spiro atoms. The van der Waals surface area contributed by atoms with Crippen molar-refractivity contribution in [3.05, 3.63) is 0 Å². The molecule has 5 nitrogen and oxygen atoms in total. The first-order valence-corrected chi connectivity index (χ1v) is 8.65. The number of morpholine rings is 1. The van der Waals surface area contributed by atoms with E-state index < -0.39 is 5.97 Å². The maximum atomic E-state index is 10.6. The Morgan fingerprint density at radius 2 is 2.00 bits per heavy atom. The Kier molecular flexibility index (Phi) is 7.13. The zero-order chi connectivity index (χ0) is 14.2. The van der Waals surface area contributed by atoms with Crippen molar-refractivity contribution in [3.8, 4) is 0 Å². The van der Waals surface area contributed by atoms with E-state index in [4.69, 9.17) is 9.84 Å². The molecule has 2 heterocycles. The number of carbonyl (C=O) groups is 1. The first kappa shape index (κ1) is 16.1. The average Bonchev–Trinajstić information content (AvgIpc) is 2.47. The van der Waals surface area contributed by atoms with Crippen LogP contribution >= 0.6 is 11.8 Å². The molecule has 0 aromatic carbocycles. The van der Waals surface area contributed by atoms with Gasteiger partial charge in [0.25, 0.3) is 0 Å². The average molecular weight is 302 g/mol. The number of piperidine rings is 1. The van der Waals surface area contributed by atoms with Crippen molar-refractivity contribution >= 4 is 17.7 Å². The second-order valence-corrected chi connectivity index (χ2v) is 6.94. The molecule has 6 heteroatoms. The molecule has 0 radical (unpaired) electrons. The van der Waals surface area contributed by atoms with Crippen LogP contribution in [0.15, 0.2) is 0 Å². The van der Waals surface area contributed by atoms with Gasteiger partial charge in [-0.3, -0.25) is 9.69 Å². The largest absolute Gasteiger partial charge is 0.481 e. The second kappa shape index (κ2) is 8.87. The number of rotatable bonds is 7. The topological polar surface area (TPSA) is 53.0 Å². The van der Waals surface area contributed by atoms with Gasteiger partial charge in [0, 0.05) is 43.7 Å². The predicted molar refractivity (Wildman–Crippen MR) is 81.4 cm³/mol. The summed E-state index contributed by atoms with van der Waals surface area (Å²) in [5, 5.41) is 9.43. The van der Waals surface area contributed by atoms with Gasteiger partial charge in [-0.15, -0.1) is 0 Å². The quantitative estimate of drug-likeness (QED) is 0.757. The molecule has 1 N–H and O–H groups in total. The van der Waals surface area contributed by atoms with Gasteiger partial charge in [0.2, 0.25) is 0 Å². The van der Waals surface area contributed by atoms with Crippen LogP contribution in [-0.4, -0.2) is 84.4 Å². The highest BCUT2D eigenvalue weighted by atomic mass is 32.2. The van der Waals surface area contributed by atoms with Crippen molar-refractivity contribution in [1.82, 2.24) is 9.80 Å². The molecule has 2 saturated heterocycles. The molecule has 0 saturated carbocycles. The molecule has 1 unspecified atom stereocenters. The number of carboxylic acid groups (broad SMARTS) is 1. The van der Waals surface area contributed by atoms with E-state index in [1.807, 2.05) is 0 Å². The Hall–Kier alpha value is -0.300. The van der Waals surface area contributed by atoms with Crippen molar-refractivity contribution in [2.45, 2.75) is 24.5 Å². The molecule has 20 heavy (non-hydrogen) atoms. The lowest BCUT2D eigenvalue weighted by Gasteiger charge is -2.33. The van der Waals surface area contributed by atoms with Gasteiger partial charge < -0.3 is 14.7 Å². The fraction of sp³-hybridized carbons (Fsp3) is 0.929. The molecule has 2 aliphatic rings. The molecule has 0 aromatic heterocycles. The van der Waals surface area contributed by atoms with E-state index in [-0.39, 0.29) is 6.42 Å². The molecule has 0 bridgehead atoms. The van der Waals surface area contributed by atoms with Crippen molar-refractivity contribution in [3.63, 3.8) is 0 Å². The summed E-state index contributed by atoms with van der Waals surface area (Å²) in [6, 6.07) is 0. The van der Waals surface area contributed by atoms with Crippen LogP contribution in [0.4, 0.5) is 0 Å². The summed E-state index contributed by atoms with van der Waals surface area (Å²) in [4.78, 5) is 15.4. The first-order chi connectivity index (χ1) is 9.74. The number of ether oxygens (including phenoxy) is 1. The van der Waals surface area contributed by atoms with Crippen molar-refractivity contribution in [2.24, 2.45) is 0 Å². The number of carboxylic acids is 1. The summed E-state index contributed by atoms with van der Waals surface area (Å²) in [5.41, 5.74) is 0. The van der Waals surface area contributed by atoms with Gasteiger partial charge in [-0.25, -0.2) is 0 Å². The third kappa shape index (κ3) is 5.99.